The number of rotatable bonds is 7. The van der Waals surface area contributed by atoms with Gasteiger partial charge in [-0.05, 0) is 5.56 Å². The summed E-state index contributed by atoms with van der Waals surface area (Å²) in [4.78, 5) is 16.4. The van der Waals surface area contributed by atoms with Gasteiger partial charge in [0.25, 0.3) is 0 Å². The summed E-state index contributed by atoms with van der Waals surface area (Å²) >= 11 is 0. The molecule has 2 aromatic heterocycles. The predicted octanol–water partition coefficient (Wildman–Crippen LogP) is 2.16. The van der Waals surface area contributed by atoms with Crippen molar-refractivity contribution in [3.05, 3.63) is 48.0 Å². The lowest BCUT2D eigenvalue weighted by molar-refractivity contribution is 0.287. The van der Waals surface area contributed by atoms with Crippen LogP contribution in [0.2, 0.25) is 0 Å². The zero-order chi connectivity index (χ0) is 19.2. The molecule has 9 heteroatoms. The summed E-state index contributed by atoms with van der Waals surface area (Å²) < 4.78 is 11.2. The Morgan fingerprint density at radius 2 is 1.33 bits per heavy atom. The molecule has 0 radical (unpaired) electrons. The van der Waals surface area contributed by atoms with E-state index >= 15 is 0 Å². The van der Waals surface area contributed by atoms with Crippen molar-refractivity contribution in [3.63, 3.8) is 0 Å². The first-order valence-corrected chi connectivity index (χ1v) is 8.30. The van der Waals surface area contributed by atoms with Gasteiger partial charge in [-0.25, -0.2) is 0 Å². The number of nitrogens with zero attached hydrogens (tertiary/aromatic N) is 7. The molecule has 1 aromatic carbocycles. The molecule has 2 heterocycles. The van der Waals surface area contributed by atoms with Crippen molar-refractivity contribution in [1.29, 1.82) is 0 Å². The Morgan fingerprint density at radius 1 is 0.741 bits per heavy atom. The highest BCUT2D eigenvalue weighted by atomic mass is 16.5. The van der Waals surface area contributed by atoms with Crippen LogP contribution in [0.25, 0.3) is 0 Å². The largest absolute Gasteiger partial charge is 0.472 e. The van der Waals surface area contributed by atoms with Crippen molar-refractivity contribution in [1.82, 2.24) is 25.1 Å². The molecular weight excluding hydrogens is 346 g/mol. The van der Waals surface area contributed by atoms with Crippen LogP contribution < -0.4 is 19.3 Å². The monoisotopic (exact) mass is 367 g/mol. The maximum Gasteiger partial charge on any atom is 0.330 e. The van der Waals surface area contributed by atoms with Crippen LogP contribution in [0.15, 0.2) is 42.5 Å². The van der Waals surface area contributed by atoms with E-state index in [0.717, 1.165) is 5.56 Å². The summed E-state index contributed by atoms with van der Waals surface area (Å²) in [6.45, 7) is 0.418. The fourth-order valence-corrected chi connectivity index (χ4v) is 2.05. The number of benzene rings is 1. The highest BCUT2D eigenvalue weighted by molar-refractivity contribution is 5.38. The van der Waals surface area contributed by atoms with Crippen molar-refractivity contribution in [2.24, 2.45) is 0 Å². The lowest BCUT2D eigenvalue weighted by Crippen LogP contribution is -2.19. The Morgan fingerprint density at radius 3 is 1.89 bits per heavy atom. The predicted molar refractivity (Wildman–Crippen MR) is 101 cm³/mol. The van der Waals surface area contributed by atoms with Gasteiger partial charge in [0, 0.05) is 40.3 Å². The second-order valence-electron chi connectivity index (χ2n) is 6.09. The van der Waals surface area contributed by atoms with Crippen molar-refractivity contribution >= 4 is 11.9 Å². The van der Waals surface area contributed by atoms with Gasteiger partial charge in [0.05, 0.1) is 0 Å². The van der Waals surface area contributed by atoms with Crippen LogP contribution in [-0.2, 0) is 6.61 Å². The van der Waals surface area contributed by atoms with Gasteiger partial charge in [-0.3, -0.25) is 0 Å². The smallest absolute Gasteiger partial charge is 0.330 e. The van der Waals surface area contributed by atoms with E-state index in [0.29, 0.717) is 24.4 Å². The maximum atomic E-state index is 5.63. The zero-order valence-electron chi connectivity index (χ0n) is 15.7. The van der Waals surface area contributed by atoms with E-state index in [4.69, 9.17) is 9.47 Å². The summed E-state index contributed by atoms with van der Waals surface area (Å²) in [5.74, 6) is 1.64. The molecule has 0 amide bonds. The number of hydrogen-bond donors (Lipinski definition) is 0. The molecule has 0 atom stereocenters. The summed E-state index contributed by atoms with van der Waals surface area (Å²) in [5.41, 5.74) is 1.05. The van der Waals surface area contributed by atoms with Crippen LogP contribution in [0.3, 0.4) is 0 Å². The lowest BCUT2D eigenvalue weighted by atomic mass is 10.2. The SMILES string of the molecule is CN(C)c1nc(Oc2ccc(OCc3ccccc3)nn2)nc(N(C)C)n1. The highest BCUT2D eigenvalue weighted by Crippen LogP contribution is 2.20. The zero-order valence-corrected chi connectivity index (χ0v) is 15.7. The summed E-state index contributed by atoms with van der Waals surface area (Å²) in [7, 11) is 7.38. The van der Waals surface area contributed by atoms with Crippen LogP contribution in [0.1, 0.15) is 5.56 Å². The molecule has 0 aliphatic heterocycles. The number of ether oxygens (including phenoxy) is 2. The van der Waals surface area contributed by atoms with E-state index in [9.17, 15) is 0 Å². The molecule has 0 N–H and O–H groups in total. The van der Waals surface area contributed by atoms with E-state index in [2.05, 4.69) is 25.1 Å². The minimum atomic E-state index is 0.143. The van der Waals surface area contributed by atoms with E-state index in [1.807, 2.05) is 58.5 Å². The van der Waals surface area contributed by atoms with Gasteiger partial charge in [0.2, 0.25) is 23.7 Å². The Balaban J connectivity index is 1.69. The lowest BCUT2D eigenvalue weighted by Gasteiger charge is -2.15. The molecule has 27 heavy (non-hydrogen) atoms. The third-order valence-electron chi connectivity index (χ3n) is 3.43. The first-order valence-electron chi connectivity index (χ1n) is 8.30. The van der Waals surface area contributed by atoms with Crippen LogP contribution >= 0.6 is 0 Å². The molecule has 9 nitrogen and oxygen atoms in total. The fourth-order valence-electron chi connectivity index (χ4n) is 2.05. The molecule has 0 saturated carbocycles. The summed E-state index contributed by atoms with van der Waals surface area (Å²) in [6, 6.07) is 13.3. The van der Waals surface area contributed by atoms with Gasteiger partial charge in [0.15, 0.2) is 0 Å². The minimum absolute atomic E-state index is 0.143. The van der Waals surface area contributed by atoms with Crippen molar-refractivity contribution in [2.45, 2.75) is 6.61 Å². The molecule has 0 spiro atoms. The maximum absolute atomic E-state index is 5.63. The van der Waals surface area contributed by atoms with Gasteiger partial charge in [-0.1, -0.05) is 30.3 Å². The van der Waals surface area contributed by atoms with Crippen LogP contribution in [0.5, 0.6) is 17.8 Å². The first kappa shape index (κ1) is 18.3. The van der Waals surface area contributed by atoms with Gasteiger partial charge in [-0.2, -0.15) is 15.0 Å². The van der Waals surface area contributed by atoms with Crippen molar-refractivity contribution in [2.75, 3.05) is 38.0 Å². The molecule has 0 bridgehead atoms. The molecule has 0 fully saturated rings. The summed E-state index contributed by atoms with van der Waals surface area (Å²) in [5, 5.41) is 8.03. The molecule has 0 unspecified atom stereocenters. The third-order valence-corrected chi connectivity index (χ3v) is 3.43. The molecule has 0 aliphatic rings. The summed E-state index contributed by atoms with van der Waals surface area (Å²) in [6.07, 6.45) is 0. The minimum Gasteiger partial charge on any atom is -0.472 e. The van der Waals surface area contributed by atoms with E-state index < -0.39 is 0 Å². The van der Waals surface area contributed by atoms with Gasteiger partial charge in [0.1, 0.15) is 6.61 Å². The van der Waals surface area contributed by atoms with E-state index in [1.165, 1.54) is 0 Å². The van der Waals surface area contributed by atoms with Crippen LogP contribution in [-0.4, -0.2) is 53.3 Å². The van der Waals surface area contributed by atoms with Crippen LogP contribution in [0, 0.1) is 0 Å². The Labute approximate surface area is 157 Å². The molecule has 3 aromatic rings. The fraction of sp³-hybridized carbons (Fsp3) is 0.278. The van der Waals surface area contributed by atoms with Gasteiger partial charge in [-0.15, -0.1) is 10.2 Å². The normalized spacial score (nSPS) is 10.4. The Hall–Kier alpha value is -3.49. The van der Waals surface area contributed by atoms with E-state index in [1.54, 1.807) is 21.9 Å². The standard InChI is InChI=1S/C18H21N7O2/c1-24(2)16-19-17(25(3)4)21-18(20-16)27-15-11-10-14(22-23-15)26-12-13-8-6-5-7-9-13/h5-11H,12H2,1-4H3. The highest BCUT2D eigenvalue weighted by Gasteiger charge is 2.12. The quantitative estimate of drug-likeness (QED) is 0.623. The van der Waals surface area contributed by atoms with Crippen LogP contribution in [0.4, 0.5) is 11.9 Å². The number of aromatic nitrogens is 5. The Bertz CT molecular complexity index is 844. The Kier molecular flexibility index (Phi) is 5.60. The van der Waals surface area contributed by atoms with Gasteiger partial charge < -0.3 is 19.3 Å². The average Bonchev–Trinajstić information content (AvgIpc) is 2.68. The van der Waals surface area contributed by atoms with E-state index in [-0.39, 0.29) is 11.9 Å². The molecule has 0 aliphatic carbocycles. The second kappa shape index (κ2) is 8.26. The first-order chi connectivity index (χ1) is 13.0. The van der Waals surface area contributed by atoms with Gasteiger partial charge >= 0.3 is 6.01 Å². The second-order valence-corrected chi connectivity index (χ2v) is 6.09. The molecular formula is C18H21N7O2. The van der Waals surface area contributed by atoms with Crippen molar-refractivity contribution < 1.29 is 9.47 Å². The number of hydrogen-bond acceptors (Lipinski definition) is 9. The molecule has 3 rings (SSSR count). The topological polar surface area (TPSA) is 89.4 Å². The number of anilines is 2. The average molecular weight is 367 g/mol. The van der Waals surface area contributed by atoms with Crippen molar-refractivity contribution in [3.8, 4) is 17.8 Å². The molecule has 0 saturated heterocycles. The third kappa shape index (κ3) is 5.00. The molecule has 140 valence electrons.